The minimum absolute atomic E-state index is 0.185. The second-order valence-electron chi connectivity index (χ2n) is 6.33. The third kappa shape index (κ3) is 3.92. The van der Waals surface area contributed by atoms with Crippen molar-refractivity contribution in [2.45, 2.75) is 32.9 Å². The summed E-state index contributed by atoms with van der Waals surface area (Å²) in [6.45, 7) is 3.08. The average Bonchev–Trinajstić information content (AvgIpc) is 2.71. The minimum atomic E-state index is -0.185. The Morgan fingerprint density at radius 1 is 0.963 bits per heavy atom. The molecule has 0 saturated carbocycles. The highest BCUT2D eigenvalue weighted by molar-refractivity contribution is 5.89. The van der Waals surface area contributed by atoms with E-state index in [0.717, 1.165) is 29.3 Å². The Labute approximate surface area is 159 Å². The van der Waals surface area contributed by atoms with E-state index >= 15 is 0 Å². The zero-order chi connectivity index (χ0) is 19.2. The summed E-state index contributed by atoms with van der Waals surface area (Å²) in [5.74, 6) is 1.41. The Morgan fingerprint density at radius 2 is 1.74 bits per heavy atom. The van der Waals surface area contributed by atoms with Crippen molar-refractivity contribution in [3.63, 3.8) is 0 Å². The van der Waals surface area contributed by atoms with Gasteiger partial charge in [0.25, 0.3) is 5.56 Å². The summed E-state index contributed by atoms with van der Waals surface area (Å²) in [6, 6.07) is 15.5. The number of benzene rings is 2. The Bertz CT molecular complexity index is 963. The van der Waals surface area contributed by atoms with E-state index in [1.165, 1.54) is 7.11 Å². The van der Waals surface area contributed by atoms with Gasteiger partial charge in [-0.15, -0.1) is 0 Å². The second-order valence-corrected chi connectivity index (χ2v) is 6.33. The first-order valence-corrected chi connectivity index (χ1v) is 9.14. The van der Waals surface area contributed by atoms with Gasteiger partial charge < -0.3 is 18.8 Å². The molecule has 1 aromatic heterocycles. The molecule has 0 saturated heterocycles. The SMILES string of the molecule is CCCCn1c(=O)c(OC)c(OCc2ccccc2)c2ccc(OC)cc21. The Kier molecular flexibility index (Phi) is 6.01. The van der Waals surface area contributed by atoms with Crippen LogP contribution in [0.15, 0.2) is 53.3 Å². The molecule has 27 heavy (non-hydrogen) atoms. The second kappa shape index (κ2) is 8.62. The van der Waals surface area contributed by atoms with Crippen molar-refractivity contribution in [1.29, 1.82) is 0 Å². The van der Waals surface area contributed by atoms with Crippen LogP contribution in [0.3, 0.4) is 0 Å². The number of rotatable bonds is 8. The molecular weight excluding hydrogens is 342 g/mol. The van der Waals surface area contributed by atoms with E-state index in [1.807, 2.05) is 48.5 Å². The lowest BCUT2D eigenvalue weighted by atomic mass is 10.1. The van der Waals surface area contributed by atoms with Gasteiger partial charge in [-0.25, -0.2) is 0 Å². The van der Waals surface area contributed by atoms with E-state index in [0.29, 0.717) is 24.7 Å². The molecule has 0 amide bonds. The monoisotopic (exact) mass is 367 g/mol. The number of unbranched alkanes of at least 4 members (excludes halogenated alkanes) is 1. The summed E-state index contributed by atoms with van der Waals surface area (Å²) < 4.78 is 18.6. The molecule has 142 valence electrons. The number of methoxy groups -OCH3 is 2. The quantitative estimate of drug-likeness (QED) is 0.592. The van der Waals surface area contributed by atoms with Crippen LogP contribution in [-0.2, 0) is 13.2 Å². The third-order valence-corrected chi connectivity index (χ3v) is 4.55. The highest BCUT2D eigenvalue weighted by atomic mass is 16.5. The van der Waals surface area contributed by atoms with Gasteiger partial charge in [0, 0.05) is 18.0 Å². The van der Waals surface area contributed by atoms with Gasteiger partial charge in [-0.05, 0) is 24.1 Å². The van der Waals surface area contributed by atoms with Crippen LogP contribution in [0.5, 0.6) is 17.2 Å². The van der Waals surface area contributed by atoms with Crippen molar-refractivity contribution in [1.82, 2.24) is 4.57 Å². The number of aromatic nitrogens is 1. The predicted molar refractivity (Wildman–Crippen MR) is 107 cm³/mol. The maximum atomic E-state index is 13.1. The molecule has 0 spiro atoms. The molecule has 1 heterocycles. The van der Waals surface area contributed by atoms with Gasteiger partial charge in [0.1, 0.15) is 12.4 Å². The number of fused-ring (bicyclic) bond motifs is 1. The Hall–Kier alpha value is -2.95. The van der Waals surface area contributed by atoms with Crippen molar-refractivity contribution in [3.8, 4) is 17.2 Å². The lowest BCUT2D eigenvalue weighted by molar-refractivity contribution is 0.285. The summed E-state index contributed by atoms with van der Waals surface area (Å²) in [7, 11) is 3.12. The maximum absolute atomic E-state index is 13.1. The number of hydrogen-bond acceptors (Lipinski definition) is 4. The van der Waals surface area contributed by atoms with Crippen molar-refractivity contribution >= 4 is 10.9 Å². The zero-order valence-electron chi connectivity index (χ0n) is 16.0. The highest BCUT2D eigenvalue weighted by Gasteiger charge is 2.19. The van der Waals surface area contributed by atoms with Crippen LogP contribution in [0.1, 0.15) is 25.3 Å². The summed E-state index contributed by atoms with van der Waals surface area (Å²) in [5.41, 5.74) is 1.63. The molecule has 3 aromatic rings. The van der Waals surface area contributed by atoms with Gasteiger partial charge in [-0.1, -0.05) is 43.7 Å². The molecule has 5 nitrogen and oxygen atoms in total. The van der Waals surface area contributed by atoms with E-state index in [1.54, 1.807) is 11.7 Å². The Morgan fingerprint density at radius 3 is 2.41 bits per heavy atom. The van der Waals surface area contributed by atoms with Crippen LogP contribution < -0.4 is 19.8 Å². The largest absolute Gasteiger partial charge is 0.497 e. The molecule has 5 heteroatoms. The van der Waals surface area contributed by atoms with E-state index in [4.69, 9.17) is 14.2 Å². The summed E-state index contributed by atoms with van der Waals surface area (Å²) in [6.07, 6.45) is 1.89. The number of aryl methyl sites for hydroxylation is 1. The van der Waals surface area contributed by atoms with E-state index < -0.39 is 0 Å². The molecule has 0 aliphatic rings. The van der Waals surface area contributed by atoms with Crippen LogP contribution in [0.2, 0.25) is 0 Å². The van der Waals surface area contributed by atoms with Crippen LogP contribution in [0, 0.1) is 0 Å². The van der Waals surface area contributed by atoms with Gasteiger partial charge in [0.15, 0.2) is 5.75 Å². The number of hydrogen-bond donors (Lipinski definition) is 0. The van der Waals surface area contributed by atoms with Gasteiger partial charge in [-0.2, -0.15) is 0 Å². The molecule has 0 fully saturated rings. The zero-order valence-corrected chi connectivity index (χ0v) is 16.0. The molecule has 2 aromatic carbocycles. The van der Waals surface area contributed by atoms with E-state index in [2.05, 4.69) is 6.92 Å². The fourth-order valence-electron chi connectivity index (χ4n) is 3.10. The van der Waals surface area contributed by atoms with Crippen LogP contribution in [-0.4, -0.2) is 18.8 Å². The van der Waals surface area contributed by atoms with Crippen LogP contribution in [0.25, 0.3) is 10.9 Å². The highest BCUT2D eigenvalue weighted by Crippen LogP contribution is 2.35. The number of nitrogens with zero attached hydrogens (tertiary/aromatic N) is 1. The van der Waals surface area contributed by atoms with Crippen molar-refractivity contribution in [2.24, 2.45) is 0 Å². The molecule has 0 bridgehead atoms. The molecular formula is C22H25NO4. The fourth-order valence-corrected chi connectivity index (χ4v) is 3.10. The van der Waals surface area contributed by atoms with Crippen molar-refractivity contribution in [2.75, 3.05) is 14.2 Å². The van der Waals surface area contributed by atoms with Crippen LogP contribution >= 0.6 is 0 Å². The molecule has 0 radical (unpaired) electrons. The van der Waals surface area contributed by atoms with Gasteiger partial charge in [-0.3, -0.25) is 4.79 Å². The number of pyridine rings is 1. The van der Waals surface area contributed by atoms with Gasteiger partial charge in [0.05, 0.1) is 19.7 Å². The minimum Gasteiger partial charge on any atom is -0.497 e. The molecule has 0 aliphatic carbocycles. The van der Waals surface area contributed by atoms with Crippen molar-refractivity contribution in [3.05, 3.63) is 64.4 Å². The lowest BCUT2D eigenvalue weighted by Gasteiger charge is -2.18. The Balaban J connectivity index is 2.14. The fraction of sp³-hybridized carbons (Fsp3) is 0.318. The molecule has 0 N–H and O–H groups in total. The molecule has 3 rings (SSSR count). The van der Waals surface area contributed by atoms with Crippen molar-refractivity contribution < 1.29 is 14.2 Å². The van der Waals surface area contributed by atoms with E-state index in [-0.39, 0.29) is 11.3 Å². The first kappa shape index (κ1) is 18.8. The summed E-state index contributed by atoms with van der Waals surface area (Å²) in [5, 5.41) is 0.833. The maximum Gasteiger partial charge on any atom is 0.297 e. The molecule has 0 atom stereocenters. The normalized spacial score (nSPS) is 10.8. The predicted octanol–water partition coefficient (Wildman–Crippen LogP) is 4.40. The number of ether oxygens (including phenoxy) is 3. The molecule has 0 aliphatic heterocycles. The summed E-state index contributed by atoms with van der Waals surface area (Å²) in [4.78, 5) is 13.1. The topological polar surface area (TPSA) is 49.7 Å². The van der Waals surface area contributed by atoms with E-state index in [9.17, 15) is 4.79 Å². The summed E-state index contributed by atoms with van der Waals surface area (Å²) >= 11 is 0. The third-order valence-electron chi connectivity index (χ3n) is 4.55. The lowest BCUT2D eigenvalue weighted by Crippen LogP contribution is -2.23. The first-order chi connectivity index (χ1) is 13.2. The average molecular weight is 367 g/mol. The first-order valence-electron chi connectivity index (χ1n) is 9.14. The van der Waals surface area contributed by atoms with Crippen LogP contribution in [0.4, 0.5) is 0 Å². The smallest absolute Gasteiger partial charge is 0.297 e. The van der Waals surface area contributed by atoms with Gasteiger partial charge in [0.2, 0.25) is 5.75 Å². The molecule has 0 unspecified atom stereocenters. The van der Waals surface area contributed by atoms with Gasteiger partial charge >= 0.3 is 0 Å². The standard InChI is InChI=1S/C22H25NO4/c1-4-5-13-23-19-14-17(25-2)11-12-18(19)20(21(26-3)22(23)24)27-15-16-9-7-6-8-10-16/h6-12,14H,4-5,13,15H2,1-3H3.